The number of benzene rings is 1. The lowest BCUT2D eigenvalue weighted by Crippen LogP contribution is -2.17. The number of nitrogens with one attached hydrogen (secondary N) is 2. The number of halogens is 2. The topological polar surface area (TPSA) is 53.5 Å². The first-order chi connectivity index (χ1) is 8.16. The Morgan fingerprint density at radius 2 is 2.12 bits per heavy atom. The van der Waals surface area contributed by atoms with Crippen molar-refractivity contribution in [2.75, 3.05) is 17.6 Å². The minimum atomic E-state index is -0.380. The molecule has 1 aliphatic rings. The van der Waals surface area contributed by atoms with Crippen molar-refractivity contribution in [1.29, 1.82) is 0 Å². The maximum Gasteiger partial charge on any atom is 0.347 e. The Morgan fingerprint density at radius 3 is 2.71 bits per heavy atom. The predicted octanol–water partition coefficient (Wildman–Crippen LogP) is 3.44. The van der Waals surface area contributed by atoms with Crippen LogP contribution in [-0.2, 0) is 0 Å². The molecular formula is C10H9Br2N3OS. The van der Waals surface area contributed by atoms with Crippen LogP contribution in [0.3, 0.4) is 0 Å². The number of carbonyl (C=O) groups is 1. The molecule has 0 unspecified atom stereocenters. The Hall–Kier alpha value is -0.530. The van der Waals surface area contributed by atoms with Gasteiger partial charge in [0.25, 0.3) is 0 Å². The zero-order valence-electron chi connectivity index (χ0n) is 8.67. The van der Waals surface area contributed by atoms with Gasteiger partial charge in [-0.15, -0.1) is 0 Å². The fourth-order valence-electron chi connectivity index (χ4n) is 1.27. The zero-order valence-corrected chi connectivity index (χ0v) is 12.7. The van der Waals surface area contributed by atoms with Crippen molar-refractivity contribution in [3.05, 3.63) is 27.1 Å². The molecule has 0 radical (unpaired) electrons. The van der Waals surface area contributed by atoms with Gasteiger partial charge in [-0.3, -0.25) is 0 Å². The summed E-state index contributed by atoms with van der Waals surface area (Å²) in [6.45, 7) is 0.857. The van der Waals surface area contributed by atoms with Crippen LogP contribution in [0.2, 0.25) is 0 Å². The molecule has 1 aromatic carbocycles. The monoisotopic (exact) mass is 377 g/mol. The van der Waals surface area contributed by atoms with Gasteiger partial charge in [-0.1, -0.05) is 17.8 Å². The summed E-state index contributed by atoms with van der Waals surface area (Å²) in [7, 11) is 0. The number of nitrogens with zero attached hydrogens (tertiary/aromatic N) is 1. The van der Waals surface area contributed by atoms with Crippen molar-refractivity contribution in [2.45, 2.75) is 0 Å². The quantitative estimate of drug-likeness (QED) is 0.786. The van der Waals surface area contributed by atoms with E-state index in [0.717, 1.165) is 21.2 Å². The molecule has 1 aromatic rings. The van der Waals surface area contributed by atoms with Crippen LogP contribution in [0.25, 0.3) is 0 Å². The molecule has 0 spiro atoms. The Morgan fingerprint density at radius 1 is 1.41 bits per heavy atom. The first kappa shape index (κ1) is 12.9. The van der Waals surface area contributed by atoms with E-state index in [9.17, 15) is 4.79 Å². The van der Waals surface area contributed by atoms with Crippen LogP contribution in [-0.4, -0.2) is 23.5 Å². The van der Waals surface area contributed by atoms with Crippen molar-refractivity contribution in [2.24, 2.45) is 4.99 Å². The molecule has 1 saturated heterocycles. The summed E-state index contributed by atoms with van der Waals surface area (Å²) >= 11 is 8.29. The van der Waals surface area contributed by atoms with Crippen molar-refractivity contribution in [1.82, 2.24) is 5.32 Å². The highest BCUT2D eigenvalue weighted by atomic mass is 79.9. The molecule has 0 atom stereocenters. The van der Waals surface area contributed by atoms with Gasteiger partial charge in [-0.05, 0) is 44.0 Å². The number of amidine groups is 1. The van der Waals surface area contributed by atoms with E-state index in [0.29, 0.717) is 10.9 Å². The molecule has 2 rings (SSSR count). The molecule has 17 heavy (non-hydrogen) atoms. The minimum Gasteiger partial charge on any atom is -0.364 e. The molecule has 2 N–H and O–H groups in total. The average Bonchev–Trinajstić information content (AvgIpc) is 2.76. The molecule has 1 fully saturated rings. The Kier molecular flexibility index (Phi) is 4.47. The van der Waals surface area contributed by atoms with Crippen LogP contribution in [0.1, 0.15) is 0 Å². The summed E-state index contributed by atoms with van der Waals surface area (Å²) in [5.41, 5.74) is 0.685. The van der Waals surface area contributed by atoms with E-state index in [1.165, 1.54) is 0 Å². The van der Waals surface area contributed by atoms with Crippen LogP contribution >= 0.6 is 43.6 Å². The molecular weight excluding hydrogens is 370 g/mol. The molecule has 0 saturated carbocycles. The van der Waals surface area contributed by atoms with Crippen LogP contribution in [0.5, 0.6) is 0 Å². The maximum absolute atomic E-state index is 11.7. The smallest absolute Gasteiger partial charge is 0.347 e. The number of anilines is 1. The first-order valence-electron chi connectivity index (χ1n) is 4.87. The lowest BCUT2D eigenvalue weighted by Gasteiger charge is -2.07. The van der Waals surface area contributed by atoms with Crippen molar-refractivity contribution >= 4 is 60.5 Å². The molecule has 0 bridgehead atoms. The fourth-order valence-corrected chi connectivity index (χ4v) is 3.22. The summed E-state index contributed by atoms with van der Waals surface area (Å²) in [6, 6.07) is 5.21. The van der Waals surface area contributed by atoms with Crippen molar-refractivity contribution < 1.29 is 4.79 Å². The molecule has 0 aliphatic carbocycles. The van der Waals surface area contributed by atoms with E-state index in [4.69, 9.17) is 0 Å². The first-order valence-corrected chi connectivity index (χ1v) is 7.44. The highest BCUT2D eigenvalue weighted by molar-refractivity contribution is 9.11. The van der Waals surface area contributed by atoms with Crippen LogP contribution < -0.4 is 10.6 Å². The minimum absolute atomic E-state index is 0.380. The second kappa shape index (κ2) is 5.88. The molecule has 0 aromatic heterocycles. The fraction of sp³-hybridized carbons (Fsp3) is 0.200. The van der Waals surface area contributed by atoms with Gasteiger partial charge < -0.3 is 10.6 Å². The van der Waals surface area contributed by atoms with E-state index >= 15 is 0 Å². The van der Waals surface area contributed by atoms with E-state index in [1.807, 2.05) is 18.2 Å². The van der Waals surface area contributed by atoms with E-state index in [-0.39, 0.29) is 6.03 Å². The Labute approximate surface area is 120 Å². The summed E-state index contributed by atoms with van der Waals surface area (Å²) in [5, 5.41) is 6.43. The molecule has 7 heteroatoms. The van der Waals surface area contributed by atoms with Gasteiger partial charge in [-0.25, -0.2) is 4.79 Å². The lowest BCUT2D eigenvalue weighted by molar-refractivity contribution is 0.259. The van der Waals surface area contributed by atoms with Gasteiger partial charge in [0.15, 0.2) is 5.17 Å². The number of hydrogen-bond donors (Lipinski definition) is 2. The van der Waals surface area contributed by atoms with Crippen LogP contribution in [0, 0.1) is 0 Å². The van der Waals surface area contributed by atoms with E-state index < -0.39 is 0 Å². The second-order valence-electron chi connectivity index (χ2n) is 3.22. The number of hydrogen-bond acceptors (Lipinski definition) is 2. The molecule has 1 aliphatic heterocycles. The van der Waals surface area contributed by atoms with Gasteiger partial charge in [0, 0.05) is 21.2 Å². The summed E-state index contributed by atoms with van der Waals surface area (Å²) in [6.07, 6.45) is 0. The van der Waals surface area contributed by atoms with Gasteiger partial charge in [0.2, 0.25) is 0 Å². The lowest BCUT2D eigenvalue weighted by atomic mass is 10.3. The molecule has 1 heterocycles. The number of amides is 2. The van der Waals surface area contributed by atoms with Crippen molar-refractivity contribution in [3.63, 3.8) is 0 Å². The summed E-state index contributed by atoms with van der Waals surface area (Å²) in [5.74, 6) is 0.949. The molecule has 2 amide bonds. The maximum atomic E-state index is 11.7. The zero-order chi connectivity index (χ0) is 12.3. The van der Waals surface area contributed by atoms with Crippen LogP contribution in [0.15, 0.2) is 32.1 Å². The van der Waals surface area contributed by atoms with Crippen LogP contribution in [0.4, 0.5) is 10.5 Å². The van der Waals surface area contributed by atoms with E-state index in [2.05, 4.69) is 47.5 Å². The third kappa shape index (κ3) is 3.46. The largest absolute Gasteiger partial charge is 0.364 e. The van der Waals surface area contributed by atoms with Gasteiger partial charge in [0.05, 0.1) is 5.69 Å². The van der Waals surface area contributed by atoms with E-state index in [1.54, 1.807) is 11.8 Å². The van der Waals surface area contributed by atoms with Gasteiger partial charge in [0.1, 0.15) is 0 Å². The summed E-state index contributed by atoms with van der Waals surface area (Å²) in [4.78, 5) is 15.6. The Balaban J connectivity index is 2.10. The second-order valence-corrected chi connectivity index (χ2v) is 6.01. The third-order valence-corrected chi connectivity index (χ3v) is 4.25. The highest BCUT2D eigenvalue weighted by Crippen LogP contribution is 2.30. The number of urea groups is 1. The number of thioether (sulfide) groups is 1. The molecule has 90 valence electrons. The van der Waals surface area contributed by atoms with Crippen molar-refractivity contribution in [3.8, 4) is 0 Å². The van der Waals surface area contributed by atoms with Gasteiger partial charge in [-0.2, -0.15) is 4.99 Å². The number of aliphatic imine (C=N–C) groups is 1. The number of carbonyl (C=O) groups excluding carboxylic acids is 1. The SMILES string of the molecule is O=C(N=C1NCCS1)Nc1c(Br)cccc1Br. The Bertz CT molecular complexity index is 450. The normalized spacial score (nSPS) is 16.9. The predicted molar refractivity (Wildman–Crippen MR) is 78.8 cm³/mol. The standard InChI is InChI=1S/C10H9Br2N3OS/c11-6-2-1-3-7(12)8(6)14-9(16)15-10-13-4-5-17-10/h1-3H,4-5H2,(H2,13,14,15,16). The molecule has 4 nitrogen and oxygen atoms in total. The highest BCUT2D eigenvalue weighted by Gasteiger charge is 2.12. The number of rotatable bonds is 1. The number of para-hydroxylation sites is 1. The summed E-state index contributed by atoms with van der Waals surface area (Å²) < 4.78 is 1.62. The third-order valence-electron chi connectivity index (χ3n) is 2.01. The average molecular weight is 379 g/mol. The van der Waals surface area contributed by atoms with Gasteiger partial charge >= 0.3 is 6.03 Å².